The van der Waals surface area contributed by atoms with Gasteiger partial charge in [-0.2, -0.15) is 0 Å². The molecule has 0 aliphatic carbocycles. The van der Waals surface area contributed by atoms with E-state index in [9.17, 15) is 0 Å². The van der Waals surface area contributed by atoms with E-state index in [1.54, 1.807) is 11.3 Å². The molecule has 0 spiro atoms. The molecule has 2 rings (SSSR count). The molecule has 0 amide bonds. The fraction of sp³-hybridized carbons (Fsp3) is 0.400. The lowest BCUT2D eigenvalue weighted by Crippen LogP contribution is -2.10. The van der Waals surface area contributed by atoms with Crippen LogP contribution >= 0.6 is 11.3 Å². The maximum atomic E-state index is 5.69. The van der Waals surface area contributed by atoms with Gasteiger partial charge in [0.05, 0.1) is 5.69 Å². The van der Waals surface area contributed by atoms with Crippen molar-refractivity contribution >= 4 is 11.3 Å². The summed E-state index contributed by atoms with van der Waals surface area (Å²) in [5.74, 6) is 0. The average molecular weight is 260 g/mol. The normalized spacial score (nSPS) is 11.8. The Morgan fingerprint density at radius 3 is 2.22 bits per heavy atom. The number of nitrogens with two attached hydrogens (primary N) is 1. The van der Waals surface area contributed by atoms with Crippen molar-refractivity contribution in [3.05, 3.63) is 40.4 Å². The highest BCUT2D eigenvalue weighted by atomic mass is 32.1. The second kappa shape index (κ2) is 4.82. The van der Waals surface area contributed by atoms with Crippen molar-refractivity contribution in [2.45, 2.75) is 39.7 Å². The van der Waals surface area contributed by atoms with Crippen LogP contribution in [-0.4, -0.2) is 4.98 Å². The fourth-order valence-electron chi connectivity index (χ4n) is 1.85. The molecule has 0 unspecified atom stereocenters. The first-order valence-corrected chi connectivity index (χ1v) is 7.01. The van der Waals surface area contributed by atoms with Crippen molar-refractivity contribution in [2.24, 2.45) is 5.73 Å². The Hall–Kier alpha value is -1.19. The molecule has 2 N–H and O–H groups in total. The number of nitrogens with zero attached hydrogens (tertiary/aromatic N) is 1. The summed E-state index contributed by atoms with van der Waals surface area (Å²) in [6.07, 6.45) is 0. The Balaban J connectivity index is 2.34. The molecule has 96 valence electrons. The number of rotatable bonds is 2. The minimum atomic E-state index is 0.194. The Kier molecular flexibility index (Phi) is 3.55. The third-order valence-corrected chi connectivity index (χ3v) is 4.30. The van der Waals surface area contributed by atoms with Crippen molar-refractivity contribution < 1.29 is 0 Å². The van der Waals surface area contributed by atoms with Gasteiger partial charge in [0.2, 0.25) is 0 Å². The topological polar surface area (TPSA) is 38.9 Å². The Labute approximate surface area is 113 Å². The summed E-state index contributed by atoms with van der Waals surface area (Å²) in [6.45, 7) is 9.27. The average Bonchev–Trinajstić information content (AvgIpc) is 2.69. The van der Waals surface area contributed by atoms with Gasteiger partial charge in [-0.05, 0) is 17.9 Å². The zero-order valence-electron chi connectivity index (χ0n) is 11.4. The Bertz CT molecular complexity index is 533. The molecule has 2 aromatic rings. The highest BCUT2D eigenvalue weighted by molar-refractivity contribution is 7.15. The molecule has 0 fully saturated rings. The highest BCUT2D eigenvalue weighted by Gasteiger charge is 2.14. The van der Waals surface area contributed by atoms with E-state index < -0.39 is 0 Å². The molecule has 0 radical (unpaired) electrons. The van der Waals surface area contributed by atoms with Crippen LogP contribution in [0, 0.1) is 6.92 Å². The van der Waals surface area contributed by atoms with Gasteiger partial charge in [0.15, 0.2) is 0 Å². The third-order valence-electron chi connectivity index (χ3n) is 3.08. The molecule has 2 nitrogen and oxygen atoms in total. The van der Waals surface area contributed by atoms with E-state index in [2.05, 4.69) is 50.0 Å². The smallest absolute Gasteiger partial charge is 0.123 e. The van der Waals surface area contributed by atoms with Crippen LogP contribution in [0.3, 0.4) is 0 Å². The lowest BCUT2D eigenvalue weighted by Gasteiger charge is -2.18. The summed E-state index contributed by atoms with van der Waals surface area (Å²) in [7, 11) is 0. The maximum Gasteiger partial charge on any atom is 0.123 e. The predicted molar refractivity (Wildman–Crippen MR) is 78.9 cm³/mol. The molecule has 0 aliphatic rings. The van der Waals surface area contributed by atoms with Crippen LogP contribution in [-0.2, 0) is 12.0 Å². The van der Waals surface area contributed by atoms with Crippen molar-refractivity contribution in [1.29, 1.82) is 0 Å². The number of hydrogen-bond acceptors (Lipinski definition) is 3. The molecule has 0 saturated heterocycles. The van der Waals surface area contributed by atoms with E-state index in [0.29, 0.717) is 6.54 Å². The first-order valence-electron chi connectivity index (χ1n) is 6.19. The zero-order chi connectivity index (χ0) is 13.3. The van der Waals surface area contributed by atoms with Gasteiger partial charge in [0.1, 0.15) is 5.01 Å². The van der Waals surface area contributed by atoms with E-state index in [4.69, 9.17) is 5.73 Å². The van der Waals surface area contributed by atoms with Gasteiger partial charge in [-0.1, -0.05) is 45.0 Å². The molecule has 0 aliphatic heterocycles. The van der Waals surface area contributed by atoms with Crippen LogP contribution in [0.15, 0.2) is 24.3 Å². The molecule has 1 aromatic heterocycles. The molecule has 0 bridgehead atoms. The van der Waals surface area contributed by atoms with Gasteiger partial charge in [-0.3, -0.25) is 0 Å². The van der Waals surface area contributed by atoms with Crippen LogP contribution in [0.4, 0.5) is 0 Å². The highest BCUT2D eigenvalue weighted by Crippen LogP contribution is 2.30. The second-order valence-electron chi connectivity index (χ2n) is 5.56. The number of aromatic nitrogens is 1. The minimum Gasteiger partial charge on any atom is -0.326 e. The number of benzene rings is 1. The molecule has 1 heterocycles. The van der Waals surface area contributed by atoms with Crippen LogP contribution in [0.1, 0.15) is 36.9 Å². The summed E-state index contributed by atoms with van der Waals surface area (Å²) in [4.78, 5) is 5.75. The van der Waals surface area contributed by atoms with Crippen molar-refractivity contribution in [1.82, 2.24) is 4.98 Å². The van der Waals surface area contributed by atoms with Gasteiger partial charge >= 0.3 is 0 Å². The monoisotopic (exact) mass is 260 g/mol. The molecule has 0 atom stereocenters. The van der Waals surface area contributed by atoms with Crippen LogP contribution < -0.4 is 5.73 Å². The van der Waals surface area contributed by atoms with Gasteiger partial charge in [-0.15, -0.1) is 11.3 Å². The first kappa shape index (κ1) is 13.2. The van der Waals surface area contributed by atoms with Crippen molar-refractivity contribution in [2.75, 3.05) is 0 Å². The Morgan fingerprint density at radius 1 is 1.17 bits per heavy atom. The lowest BCUT2D eigenvalue weighted by molar-refractivity contribution is 0.590. The van der Waals surface area contributed by atoms with Gasteiger partial charge in [-0.25, -0.2) is 4.98 Å². The summed E-state index contributed by atoms with van der Waals surface area (Å²) < 4.78 is 0. The van der Waals surface area contributed by atoms with E-state index in [-0.39, 0.29) is 5.41 Å². The van der Waals surface area contributed by atoms with Gasteiger partial charge in [0, 0.05) is 17.0 Å². The van der Waals surface area contributed by atoms with E-state index >= 15 is 0 Å². The number of thiazole rings is 1. The van der Waals surface area contributed by atoms with Crippen molar-refractivity contribution in [3.63, 3.8) is 0 Å². The van der Waals surface area contributed by atoms with Crippen LogP contribution in [0.5, 0.6) is 0 Å². The molecule has 0 saturated carbocycles. The largest absolute Gasteiger partial charge is 0.326 e. The summed E-state index contributed by atoms with van der Waals surface area (Å²) in [5.41, 5.74) is 9.46. The van der Waals surface area contributed by atoms with Crippen LogP contribution in [0.2, 0.25) is 0 Å². The first-order chi connectivity index (χ1) is 8.41. The lowest BCUT2D eigenvalue weighted by atomic mass is 9.87. The maximum absolute atomic E-state index is 5.69. The predicted octanol–water partition coefficient (Wildman–Crippen LogP) is 3.87. The SMILES string of the molecule is Cc1nc(-c2ccc(C(C)(C)C)cc2)sc1CN. The van der Waals surface area contributed by atoms with Crippen molar-refractivity contribution in [3.8, 4) is 10.6 Å². The summed E-state index contributed by atoms with van der Waals surface area (Å²) >= 11 is 1.69. The van der Waals surface area contributed by atoms with Gasteiger partial charge in [0.25, 0.3) is 0 Å². The molecule has 1 aromatic carbocycles. The van der Waals surface area contributed by atoms with E-state index in [1.807, 2.05) is 6.92 Å². The summed E-state index contributed by atoms with van der Waals surface area (Å²) in [5, 5.41) is 1.06. The standard InChI is InChI=1S/C15H20N2S/c1-10-13(9-16)18-14(17-10)11-5-7-12(8-6-11)15(2,3)4/h5-8H,9,16H2,1-4H3. The number of hydrogen-bond donors (Lipinski definition) is 1. The molecular weight excluding hydrogens is 240 g/mol. The summed E-state index contributed by atoms with van der Waals surface area (Å²) in [6, 6.07) is 8.68. The third kappa shape index (κ3) is 2.62. The second-order valence-corrected chi connectivity index (χ2v) is 6.64. The molecular formula is C15H20N2S. The molecule has 3 heteroatoms. The quantitative estimate of drug-likeness (QED) is 0.890. The number of aryl methyl sites for hydroxylation is 1. The molecule has 18 heavy (non-hydrogen) atoms. The zero-order valence-corrected chi connectivity index (χ0v) is 12.3. The van der Waals surface area contributed by atoms with E-state index in [0.717, 1.165) is 10.7 Å². The van der Waals surface area contributed by atoms with Crippen LogP contribution in [0.25, 0.3) is 10.6 Å². The fourth-order valence-corrected chi connectivity index (χ4v) is 2.80. The van der Waals surface area contributed by atoms with Gasteiger partial charge < -0.3 is 5.73 Å². The Morgan fingerprint density at radius 2 is 1.78 bits per heavy atom. The van der Waals surface area contributed by atoms with E-state index in [1.165, 1.54) is 16.0 Å². The minimum absolute atomic E-state index is 0.194.